The van der Waals surface area contributed by atoms with E-state index in [-0.39, 0.29) is 25.4 Å². The van der Waals surface area contributed by atoms with Gasteiger partial charge in [0.05, 0.1) is 11.3 Å². The van der Waals surface area contributed by atoms with Crippen molar-refractivity contribution in [1.82, 2.24) is 5.32 Å². The topological polar surface area (TPSA) is 69.6 Å². The van der Waals surface area contributed by atoms with Gasteiger partial charge in [-0.05, 0) is 78.4 Å². The number of aryl methyl sites for hydroxylation is 1. The summed E-state index contributed by atoms with van der Waals surface area (Å²) in [4.78, 5) is 24.2. The number of hydrogen-bond acceptors (Lipinski definition) is 4. The molecule has 2 N–H and O–H groups in total. The highest BCUT2D eigenvalue weighted by Gasteiger charge is 2.30. The second-order valence-corrected chi connectivity index (χ2v) is 9.53. The standard InChI is InChI=1S/C26H24ClF3N2O3S/c1-17-22(27)6-3-7-23(17)32(36-21-11-9-20(10-12-21)26(28,29)30)16-24(33)31-15-19-5-2-4-18(14-19)8-13-25(34)35/h2-7,9-12,14H,8,13,15-16H2,1H3,(H,31,33)(H,34,35). The van der Waals surface area contributed by atoms with Crippen LogP contribution in [0, 0.1) is 6.92 Å². The first-order chi connectivity index (χ1) is 17.0. The van der Waals surface area contributed by atoms with E-state index in [0.717, 1.165) is 40.8 Å². The van der Waals surface area contributed by atoms with Gasteiger partial charge in [0, 0.05) is 22.9 Å². The predicted octanol–water partition coefficient (Wildman–Crippen LogP) is 6.51. The SMILES string of the molecule is Cc1c(Cl)cccc1N(CC(=O)NCc1cccc(CCC(=O)O)c1)Sc1ccc(C(F)(F)F)cc1. The first kappa shape index (κ1) is 27.4. The molecule has 0 unspecified atom stereocenters. The third-order valence-electron chi connectivity index (χ3n) is 5.30. The fraction of sp³-hybridized carbons (Fsp3) is 0.231. The maximum absolute atomic E-state index is 12.9. The molecule has 0 aliphatic heterocycles. The zero-order valence-electron chi connectivity index (χ0n) is 19.3. The smallest absolute Gasteiger partial charge is 0.416 e. The van der Waals surface area contributed by atoms with Gasteiger partial charge in [0.2, 0.25) is 5.91 Å². The molecule has 3 aromatic carbocycles. The van der Waals surface area contributed by atoms with Crippen LogP contribution in [0.25, 0.3) is 0 Å². The van der Waals surface area contributed by atoms with Gasteiger partial charge in [-0.1, -0.05) is 41.9 Å². The Morgan fingerprint density at radius 1 is 1.03 bits per heavy atom. The molecule has 0 atom stereocenters. The minimum absolute atomic E-state index is 0.0188. The quantitative estimate of drug-likeness (QED) is 0.289. The van der Waals surface area contributed by atoms with Crippen molar-refractivity contribution in [3.05, 3.63) is 94.0 Å². The van der Waals surface area contributed by atoms with Crippen LogP contribution < -0.4 is 9.62 Å². The van der Waals surface area contributed by atoms with Crippen LogP contribution in [0.5, 0.6) is 0 Å². The van der Waals surface area contributed by atoms with Gasteiger partial charge in [-0.15, -0.1) is 0 Å². The van der Waals surface area contributed by atoms with Gasteiger partial charge in [0.1, 0.15) is 6.54 Å². The number of carbonyl (C=O) groups excluding carboxylic acids is 1. The molecule has 0 aliphatic rings. The van der Waals surface area contributed by atoms with Crippen LogP contribution in [0.15, 0.2) is 71.6 Å². The first-order valence-corrected chi connectivity index (χ1v) is 12.1. The lowest BCUT2D eigenvalue weighted by Gasteiger charge is -2.25. The Kier molecular flexibility index (Phi) is 9.28. The Morgan fingerprint density at radius 3 is 2.36 bits per heavy atom. The van der Waals surface area contributed by atoms with Crippen molar-refractivity contribution >= 4 is 41.1 Å². The van der Waals surface area contributed by atoms with Crippen molar-refractivity contribution in [3.8, 4) is 0 Å². The van der Waals surface area contributed by atoms with E-state index in [4.69, 9.17) is 16.7 Å². The van der Waals surface area contributed by atoms with E-state index in [9.17, 15) is 22.8 Å². The largest absolute Gasteiger partial charge is 0.481 e. The van der Waals surface area contributed by atoms with E-state index >= 15 is 0 Å². The molecule has 0 saturated heterocycles. The van der Waals surface area contributed by atoms with Gasteiger partial charge in [-0.25, -0.2) is 0 Å². The summed E-state index contributed by atoms with van der Waals surface area (Å²) in [6, 6.07) is 17.3. The number of nitrogens with zero attached hydrogens (tertiary/aromatic N) is 1. The molecule has 3 rings (SSSR count). The van der Waals surface area contributed by atoms with Crippen molar-refractivity contribution in [2.45, 2.75) is 37.4 Å². The number of carboxylic acids is 1. The van der Waals surface area contributed by atoms with Gasteiger partial charge in [-0.2, -0.15) is 13.2 Å². The monoisotopic (exact) mass is 536 g/mol. The van der Waals surface area contributed by atoms with Crippen LogP contribution in [0.1, 0.15) is 28.7 Å². The molecule has 190 valence electrons. The fourth-order valence-electron chi connectivity index (χ4n) is 3.40. The number of carboxylic acid groups (broad SMARTS) is 1. The Balaban J connectivity index is 1.72. The van der Waals surface area contributed by atoms with Crippen molar-refractivity contribution in [2.24, 2.45) is 0 Å². The molecule has 10 heteroatoms. The molecule has 0 saturated carbocycles. The van der Waals surface area contributed by atoms with Crippen molar-refractivity contribution < 1.29 is 27.9 Å². The number of aliphatic carboxylic acids is 1. The summed E-state index contributed by atoms with van der Waals surface area (Å²) in [5.41, 5.74) is 2.33. The molecule has 3 aromatic rings. The second kappa shape index (κ2) is 12.2. The van der Waals surface area contributed by atoms with Gasteiger partial charge in [0.15, 0.2) is 0 Å². The van der Waals surface area contributed by atoms with Crippen LogP contribution in [0.2, 0.25) is 5.02 Å². The summed E-state index contributed by atoms with van der Waals surface area (Å²) in [6.45, 7) is 1.97. The first-order valence-electron chi connectivity index (χ1n) is 11.0. The van der Waals surface area contributed by atoms with Crippen LogP contribution in [0.4, 0.5) is 18.9 Å². The summed E-state index contributed by atoms with van der Waals surface area (Å²) >= 11 is 7.41. The number of alkyl halides is 3. The highest BCUT2D eigenvalue weighted by Crippen LogP contribution is 2.35. The van der Waals surface area contributed by atoms with E-state index in [1.807, 2.05) is 18.2 Å². The van der Waals surface area contributed by atoms with E-state index in [0.29, 0.717) is 22.0 Å². The molecule has 1 amide bonds. The van der Waals surface area contributed by atoms with Crippen molar-refractivity contribution in [1.29, 1.82) is 0 Å². The van der Waals surface area contributed by atoms with Crippen LogP contribution in [-0.2, 0) is 28.7 Å². The Labute approximate surface area is 216 Å². The number of hydrogen-bond donors (Lipinski definition) is 2. The highest BCUT2D eigenvalue weighted by molar-refractivity contribution is 8.00. The Bertz CT molecular complexity index is 1220. The minimum atomic E-state index is -4.43. The average Bonchev–Trinajstić information content (AvgIpc) is 2.83. The zero-order chi connectivity index (χ0) is 26.3. The third kappa shape index (κ3) is 7.93. The van der Waals surface area contributed by atoms with Gasteiger partial charge in [0.25, 0.3) is 0 Å². The summed E-state index contributed by atoms with van der Waals surface area (Å²) in [5, 5.41) is 12.2. The van der Waals surface area contributed by atoms with Crippen LogP contribution in [0.3, 0.4) is 0 Å². The number of benzene rings is 3. The number of nitrogens with one attached hydrogen (secondary N) is 1. The molecule has 5 nitrogen and oxygen atoms in total. The van der Waals surface area contributed by atoms with Gasteiger partial charge in [-0.3, -0.25) is 9.59 Å². The highest BCUT2D eigenvalue weighted by atomic mass is 35.5. The molecule has 0 heterocycles. The lowest BCUT2D eigenvalue weighted by molar-refractivity contribution is -0.138. The third-order valence-corrected chi connectivity index (χ3v) is 6.74. The fourth-order valence-corrected chi connectivity index (χ4v) is 4.56. The van der Waals surface area contributed by atoms with E-state index in [2.05, 4.69) is 5.32 Å². The summed E-state index contributed by atoms with van der Waals surface area (Å²) < 4.78 is 40.5. The lowest BCUT2D eigenvalue weighted by Crippen LogP contribution is -2.34. The predicted molar refractivity (Wildman–Crippen MR) is 135 cm³/mol. The Hall–Kier alpha value is -3.17. The molecular formula is C26H24ClF3N2O3S. The molecule has 0 aliphatic carbocycles. The molecular weight excluding hydrogens is 513 g/mol. The van der Waals surface area contributed by atoms with E-state index in [1.165, 1.54) is 12.1 Å². The van der Waals surface area contributed by atoms with E-state index in [1.54, 1.807) is 35.5 Å². The number of halogens is 4. The molecule has 36 heavy (non-hydrogen) atoms. The number of anilines is 1. The average molecular weight is 537 g/mol. The second-order valence-electron chi connectivity index (χ2n) is 8.02. The molecule has 0 radical (unpaired) electrons. The Morgan fingerprint density at radius 2 is 1.69 bits per heavy atom. The maximum atomic E-state index is 12.9. The minimum Gasteiger partial charge on any atom is -0.481 e. The summed E-state index contributed by atoms with van der Waals surface area (Å²) in [6.07, 6.45) is -4.02. The number of rotatable bonds is 10. The van der Waals surface area contributed by atoms with E-state index < -0.39 is 17.7 Å². The molecule has 0 spiro atoms. The van der Waals surface area contributed by atoms with Gasteiger partial charge >= 0.3 is 12.1 Å². The normalized spacial score (nSPS) is 11.2. The van der Waals surface area contributed by atoms with Crippen LogP contribution in [-0.4, -0.2) is 23.5 Å². The van der Waals surface area contributed by atoms with Crippen molar-refractivity contribution in [3.63, 3.8) is 0 Å². The number of amides is 1. The lowest BCUT2D eigenvalue weighted by atomic mass is 10.1. The number of carbonyl (C=O) groups is 2. The van der Waals surface area contributed by atoms with Gasteiger partial charge < -0.3 is 14.7 Å². The zero-order valence-corrected chi connectivity index (χ0v) is 20.9. The molecule has 0 bridgehead atoms. The summed E-state index contributed by atoms with van der Waals surface area (Å²) in [5.74, 6) is -1.18. The summed E-state index contributed by atoms with van der Waals surface area (Å²) in [7, 11) is 0. The van der Waals surface area contributed by atoms with Crippen molar-refractivity contribution in [2.75, 3.05) is 10.8 Å². The molecule has 0 fully saturated rings. The molecule has 0 aromatic heterocycles. The van der Waals surface area contributed by atoms with Crippen LogP contribution >= 0.6 is 23.5 Å². The maximum Gasteiger partial charge on any atom is 0.416 e.